The number of carboxylic acid groups (broad SMARTS) is 1. The molecule has 102 valence electrons. The fourth-order valence-corrected chi connectivity index (χ4v) is 2.97. The second kappa shape index (κ2) is 3.60. The van der Waals surface area contributed by atoms with Crippen molar-refractivity contribution in [2.45, 2.75) is 44.8 Å². The molecular formula is C12H19NO5. The van der Waals surface area contributed by atoms with Gasteiger partial charge in [-0.25, -0.2) is 4.79 Å². The molecule has 1 aliphatic carbocycles. The van der Waals surface area contributed by atoms with Crippen LogP contribution in [-0.2, 0) is 9.53 Å². The van der Waals surface area contributed by atoms with E-state index in [0.717, 1.165) is 0 Å². The van der Waals surface area contributed by atoms with Crippen LogP contribution < -0.4 is 0 Å². The summed E-state index contributed by atoms with van der Waals surface area (Å²) in [5.41, 5.74) is -2.25. The van der Waals surface area contributed by atoms with Gasteiger partial charge in [-0.05, 0) is 33.6 Å². The summed E-state index contributed by atoms with van der Waals surface area (Å²) in [5.74, 6) is -0.905. The fraction of sp³-hybridized carbons (Fsp3) is 0.833. The van der Waals surface area contributed by atoms with Crippen LogP contribution in [0.4, 0.5) is 4.79 Å². The van der Waals surface area contributed by atoms with E-state index < -0.39 is 28.6 Å². The zero-order chi connectivity index (χ0) is 13.8. The maximum atomic E-state index is 12.0. The molecular weight excluding hydrogens is 238 g/mol. The Hall–Kier alpha value is -1.30. The van der Waals surface area contributed by atoms with Crippen LogP contribution in [0.2, 0.25) is 0 Å². The third-order valence-corrected chi connectivity index (χ3v) is 3.73. The fourth-order valence-electron chi connectivity index (χ4n) is 2.97. The Bertz CT molecular complexity index is 392. The second-order valence-corrected chi connectivity index (χ2v) is 6.39. The largest absolute Gasteiger partial charge is 0.481 e. The Morgan fingerprint density at radius 1 is 1.33 bits per heavy atom. The highest BCUT2D eigenvalue weighted by Crippen LogP contribution is 2.59. The van der Waals surface area contributed by atoms with Gasteiger partial charge in [-0.2, -0.15) is 0 Å². The molecule has 18 heavy (non-hydrogen) atoms. The quantitative estimate of drug-likeness (QED) is 0.765. The number of carboxylic acids is 1. The van der Waals surface area contributed by atoms with Crippen molar-refractivity contribution in [1.82, 2.24) is 4.90 Å². The maximum Gasteiger partial charge on any atom is 0.410 e. The highest BCUT2D eigenvalue weighted by molar-refractivity contribution is 5.82. The number of aliphatic hydroxyl groups excluding tert-OH is 1. The second-order valence-electron chi connectivity index (χ2n) is 6.39. The highest BCUT2D eigenvalue weighted by Gasteiger charge is 2.70. The molecule has 3 aliphatic rings. The monoisotopic (exact) mass is 257 g/mol. The molecule has 0 radical (unpaired) electrons. The minimum atomic E-state index is -0.905. The lowest BCUT2D eigenvalue weighted by molar-refractivity contribution is -0.154. The summed E-state index contributed by atoms with van der Waals surface area (Å²) in [6.45, 7) is 5.16. The van der Waals surface area contributed by atoms with Crippen molar-refractivity contribution in [1.29, 1.82) is 0 Å². The molecule has 1 amide bonds. The van der Waals surface area contributed by atoms with Gasteiger partial charge in [0.2, 0.25) is 0 Å². The van der Waals surface area contributed by atoms with Gasteiger partial charge in [0.15, 0.2) is 0 Å². The summed E-state index contributed by atoms with van der Waals surface area (Å²) in [7, 11) is 0. The van der Waals surface area contributed by atoms with Gasteiger partial charge in [0.25, 0.3) is 0 Å². The first-order chi connectivity index (χ1) is 8.14. The standard InChI is InChI=1S/C12H19NO5/c1-10(2,3)18-9(17)13-6-11(8(15)16)4-12(13,5-11)7-14/h14H,4-7H2,1-3H3,(H,15,16). The number of carbonyl (C=O) groups is 2. The number of ether oxygens (including phenoxy) is 1. The first-order valence-corrected chi connectivity index (χ1v) is 5.99. The molecule has 0 atom stereocenters. The number of fused-ring (bicyclic) bond motifs is 1. The molecule has 2 N–H and O–H groups in total. The van der Waals surface area contributed by atoms with E-state index in [2.05, 4.69) is 0 Å². The van der Waals surface area contributed by atoms with E-state index in [4.69, 9.17) is 4.74 Å². The first kappa shape index (κ1) is 13.1. The number of rotatable bonds is 2. The SMILES string of the molecule is CC(C)(C)OC(=O)N1CC2(C(=O)O)CC1(CO)C2. The van der Waals surface area contributed by atoms with Gasteiger partial charge in [-0.3, -0.25) is 9.69 Å². The van der Waals surface area contributed by atoms with E-state index in [1.54, 1.807) is 20.8 Å². The summed E-state index contributed by atoms with van der Waals surface area (Å²) in [6, 6.07) is 0. The van der Waals surface area contributed by atoms with E-state index in [-0.39, 0.29) is 13.2 Å². The molecule has 6 nitrogen and oxygen atoms in total. The maximum absolute atomic E-state index is 12.0. The summed E-state index contributed by atoms with van der Waals surface area (Å²) >= 11 is 0. The van der Waals surface area contributed by atoms with Crippen molar-refractivity contribution in [3.05, 3.63) is 0 Å². The molecule has 0 unspecified atom stereocenters. The van der Waals surface area contributed by atoms with Crippen LogP contribution in [0.3, 0.4) is 0 Å². The van der Waals surface area contributed by atoms with Crippen molar-refractivity contribution in [3.63, 3.8) is 0 Å². The number of aliphatic carboxylic acids is 1. The Balaban J connectivity index is 2.15. The van der Waals surface area contributed by atoms with E-state index in [0.29, 0.717) is 12.8 Å². The lowest BCUT2D eigenvalue weighted by Crippen LogP contribution is -2.56. The molecule has 0 aromatic heterocycles. The van der Waals surface area contributed by atoms with Gasteiger partial charge >= 0.3 is 12.1 Å². The van der Waals surface area contributed by atoms with E-state index in [1.165, 1.54) is 4.90 Å². The zero-order valence-corrected chi connectivity index (χ0v) is 10.9. The molecule has 3 rings (SSSR count). The Kier molecular flexibility index (Phi) is 2.63. The predicted molar refractivity (Wildman–Crippen MR) is 62.1 cm³/mol. The Morgan fingerprint density at radius 2 is 1.89 bits per heavy atom. The Morgan fingerprint density at radius 3 is 2.28 bits per heavy atom. The molecule has 3 fully saturated rings. The molecule has 0 spiro atoms. The van der Waals surface area contributed by atoms with Gasteiger partial charge in [0.05, 0.1) is 17.6 Å². The number of carbonyl (C=O) groups excluding carboxylic acids is 1. The van der Waals surface area contributed by atoms with E-state index >= 15 is 0 Å². The van der Waals surface area contributed by atoms with Crippen molar-refractivity contribution in [3.8, 4) is 0 Å². The van der Waals surface area contributed by atoms with Gasteiger partial charge in [-0.1, -0.05) is 0 Å². The van der Waals surface area contributed by atoms with Crippen molar-refractivity contribution >= 4 is 12.1 Å². The third kappa shape index (κ3) is 1.75. The lowest BCUT2D eigenvalue weighted by atomic mass is 9.62. The van der Waals surface area contributed by atoms with Crippen molar-refractivity contribution in [2.75, 3.05) is 13.2 Å². The molecule has 2 heterocycles. The Labute approximate surface area is 106 Å². The van der Waals surface area contributed by atoms with Gasteiger partial charge in [-0.15, -0.1) is 0 Å². The minimum Gasteiger partial charge on any atom is -0.481 e. The van der Waals surface area contributed by atoms with E-state index in [1.807, 2.05) is 0 Å². The first-order valence-electron chi connectivity index (χ1n) is 5.99. The highest BCUT2D eigenvalue weighted by atomic mass is 16.6. The predicted octanol–water partition coefficient (Wildman–Crippen LogP) is 0.833. The molecule has 0 aromatic rings. The van der Waals surface area contributed by atoms with Gasteiger partial charge in [0, 0.05) is 6.54 Å². The van der Waals surface area contributed by atoms with Gasteiger partial charge in [0.1, 0.15) is 5.60 Å². The summed E-state index contributed by atoms with van der Waals surface area (Å²) in [6.07, 6.45) is 0.0769. The molecule has 2 aliphatic heterocycles. The smallest absolute Gasteiger partial charge is 0.410 e. The van der Waals surface area contributed by atoms with Crippen LogP contribution in [-0.4, -0.2) is 51.5 Å². The van der Waals surface area contributed by atoms with Crippen LogP contribution in [0.1, 0.15) is 33.6 Å². The average Bonchev–Trinajstić information content (AvgIpc) is 2.64. The normalized spacial score (nSPS) is 34.1. The minimum absolute atomic E-state index is 0.123. The zero-order valence-electron chi connectivity index (χ0n) is 10.9. The molecule has 2 bridgehead atoms. The summed E-state index contributed by atoms with van der Waals surface area (Å²) < 4.78 is 5.25. The van der Waals surface area contributed by atoms with Crippen LogP contribution in [0.5, 0.6) is 0 Å². The van der Waals surface area contributed by atoms with Crippen LogP contribution >= 0.6 is 0 Å². The summed E-state index contributed by atoms with van der Waals surface area (Å²) in [5, 5.41) is 18.6. The van der Waals surface area contributed by atoms with Gasteiger partial charge < -0.3 is 14.9 Å². The number of hydrogen-bond acceptors (Lipinski definition) is 4. The number of amides is 1. The van der Waals surface area contributed by atoms with Crippen molar-refractivity contribution in [2.24, 2.45) is 5.41 Å². The van der Waals surface area contributed by atoms with Crippen LogP contribution in [0, 0.1) is 5.41 Å². The van der Waals surface area contributed by atoms with Crippen molar-refractivity contribution < 1.29 is 24.5 Å². The number of nitrogens with zero attached hydrogens (tertiary/aromatic N) is 1. The molecule has 6 heteroatoms. The average molecular weight is 257 g/mol. The topological polar surface area (TPSA) is 87.1 Å². The number of hydrogen-bond donors (Lipinski definition) is 2. The lowest BCUT2D eigenvalue weighted by Gasteiger charge is -2.44. The third-order valence-electron chi connectivity index (χ3n) is 3.73. The number of aliphatic hydroxyl groups is 1. The molecule has 2 saturated heterocycles. The molecule has 0 aromatic carbocycles. The molecule has 1 saturated carbocycles. The van der Waals surface area contributed by atoms with Crippen LogP contribution in [0.25, 0.3) is 0 Å². The summed E-state index contributed by atoms with van der Waals surface area (Å²) in [4.78, 5) is 24.6. The van der Waals surface area contributed by atoms with Crippen LogP contribution in [0.15, 0.2) is 0 Å². The van der Waals surface area contributed by atoms with E-state index in [9.17, 15) is 19.8 Å².